The Morgan fingerprint density at radius 1 is 1.03 bits per heavy atom. The van der Waals surface area contributed by atoms with Gasteiger partial charge in [0.15, 0.2) is 0 Å². The molecule has 0 bridgehead atoms. The first-order valence-electron chi connectivity index (χ1n) is 11.0. The molecule has 1 N–H and O–H groups in total. The molecule has 2 aliphatic carbocycles. The number of benzene rings is 1. The van der Waals surface area contributed by atoms with Gasteiger partial charge < -0.3 is 9.64 Å². The number of nitrogens with zero attached hydrogens (tertiary/aromatic N) is 1. The van der Waals surface area contributed by atoms with E-state index in [0.29, 0.717) is 17.5 Å². The molecule has 2 saturated carbocycles. The van der Waals surface area contributed by atoms with Crippen molar-refractivity contribution in [2.45, 2.75) is 81.2 Å². The topological polar surface area (TPSA) is 75.7 Å². The van der Waals surface area contributed by atoms with Crippen molar-refractivity contribution >= 4 is 15.9 Å². The van der Waals surface area contributed by atoms with E-state index in [1.807, 2.05) is 4.90 Å². The van der Waals surface area contributed by atoms with Crippen LogP contribution >= 0.6 is 0 Å². The Kier molecular flexibility index (Phi) is 6.16. The summed E-state index contributed by atoms with van der Waals surface area (Å²) in [6.07, 6.45) is 10.7. The molecule has 2 unspecified atom stereocenters. The Morgan fingerprint density at radius 3 is 2.48 bits per heavy atom. The van der Waals surface area contributed by atoms with E-state index in [-0.39, 0.29) is 22.6 Å². The van der Waals surface area contributed by atoms with Gasteiger partial charge in [-0.05, 0) is 62.6 Å². The first-order valence-corrected chi connectivity index (χ1v) is 12.5. The van der Waals surface area contributed by atoms with Gasteiger partial charge in [0.1, 0.15) is 10.6 Å². The molecule has 7 heteroatoms. The van der Waals surface area contributed by atoms with Gasteiger partial charge in [0.25, 0.3) is 5.91 Å². The van der Waals surface area contributed by atoms with Crippen molar-refractivity contribution in [1.82, 2.24) is 9.62 Å². The number of ether oxygens (including phenoxy) is 1. The van der Waals surface area contributed by atoms with Crippen LogP contribution in [-0.2, 0) is 10.0 Å². The zero-order valence-corrected chi connectivity index (χ0v) is 18.0. The van der Waals surface area contributed by atoms with E-state index in [9.17, 15) is 13.2 Å². The molecular weight excluding hydrogens is 388 g/mol. The van der Waals surface area contributed by atoms with E-state index in [4.69, 9.17) is 4.74 Å². The highest BCUT2D eigenvalue weighted by Crippen LogP contribution is 2.36. The summed E-state index contributed by atoms with van der Waals surface area (Å²) < 4.78 is 34.2. The van der Waals surface area contributed by atoms with Crippen LogP contribution < -0.4 is 9.46 Å². The maximum absolute atomic E-state index is 13.3. The van der Waals surface area contributed by atoms with Crippen LogP contribution in [0.25, 0.3) is 0 Å². The number of fused-ring (bicyclic) bond motifs is 1. The molecule has 0 aromatic heterocycles. The highest BCUT2D eigenvalue weighted by molar-refractivity contribution is 7.89. The van der Waals surface area contributed by atoms with Crippen molar-refractivity contribution in [2.24, 2.45) is 5.92 Å². The maximum atomic E-state index is 13.3. The molecular formula is C22H32N2O4S. The number of hydrogen-bond acceptors (Lipinski definition) is 4. The number of piperidine rings is 1. The summed E-state index contributed by atoms with van der Waals surface area (Å²) >= 11 is 0. The minimum absolute atomic E-state index is 0.0332. The molecule has 1 aliphatic heterocycles. The smallest absolute Gasteiger partial charge is 0.254 e. The number of nitrogens with one attached hydrogen (secondary N) is 1. The molecule has 6 nitrogen and oxygen atoms in total. The monoisotopic (exact) mass is 420 g/mol. The zero-order valence-electron chi connectivity index (χ0n) is 17.2. The highest BCUT2D eigenvalue weighted by Gasteiger charge is 2.36. The predicted molar refractivity (Wildman–Crippen MR) is 112 cm³/mol. The highest BCUT2D eigenvalue weighted by atomic mass is 32.2. The maximum Gasteiger partial charge on any atom is 0.254 e. The number of carbonyl (C=O) groups is 1. The largest absolute Gasteiger partial charge is 0.495 e. The van der Waals surface area contributed by atoms with Crippen LogP contribution in [-0.4, -0.2) is 45.0 Å². The average Bonchev–Trinajstić information content (AvgIpc) is 3.24. The standard InChI is InChI=1S/C22H32N2O4S/c1-28-20-13-12-17(15-21(20)29(26,27)23-18-9-3-4-10-18)22(25)24-14-6-8-16-7-2-5-11-19(16)24/h12-13,15-16,18-19,23H,2-11,14H2,1H3. The summed E-state index contributed by atoms with van der Waals surface area (Å²) in [7, 11) is -2.28. The lowest BCUT2D eigenvalue weighted by molar-refractivity contribution is 0.0390. The van der Waals surface area contributed by atoms with Gasteiger partial charge in [-0.25, -0.2) is 13.1 Å². The lowest BCUT2D eigenvalue weighted by Gasteiger charge is -2.44. The van der Waals surface area contributed by atoms with E-state index >= 15 is 0 Å². The van der Waals surface area contributed by atoms with Crippen molar-refractivity contribution in [3.63, 3.8) is 0 Å². The third-order valence-electron chi connectivity index (χ3n) is 6.88. The molecule has 2 atom stereocenters. The third kappa shape index (κ3) is 4.31. The van der Waals surface area contributed by atoms with Gasteiger partial charge in [0, 0.05) is 24.2 Å². The molecule has 3 aliphatic rings. The Labute approximate surface area is 174 Å². The Balaban J connectivity index is 1.61. The number of amides is 1. The van der Waals surface area contributed by atoms with Gasteiger partial charge in [-0.15, -0.1) is 0 Å². The van der Waals surface area contributed by atoms with Crippen molar-refractivity contribution in [2.75, 3.05) is 13.7 Å². The molecule has 1 aromatic rings. The van der Waals surface area contributed by atoms with Gasteiger partial charge in [0.2, 0.25) is 10.0 Å². The average molecular weight is 421 g/mol. The number of hydrogen-bond donors (Lipinski definition) is 1. The van der Waals surface area contributed by atoms with Crippen molar-refractivity contribution in [3.8, 4) is 5.75 Å². The molecule has 1 saturated heterocycles. The molecule has 1 heterocycles. The minimum Gasteiger partial charge on any atom is -0.495 e. The van der Waals surface area contributed by atoms with Crippen LogP contribution in [0.4, 0.5) is 0 Å². The second-order valence-electron chi connectivity index (χ2n) is 8.72. The van der Waals surface area contributed by atoms with E-state index in [0.717, 1.165) is 45.1 Å². The SMILES string of the molecule is COc1ccc(C(=O)N2CCCC3CCCCC32)cc1S(=O)(=O)NC1CCCC1. The Morgan fingerprint density at radius 2 is 1.72 bits per heavy atom. The fourth-order valence-corrected chi connectivity index (χ4v) is 6.89. The van der Waals surface area contributed by atoms with E-state index in [2.05, 4.69) is 4.72 Å². The quantitative estimate of drug-likeness (QED) is 0.788. The third-order valence-corrected chi connectivity index (χ3v) is 8.42. The zero-order chi connectivity index (χ0) is 20.4. The molecule has 4 rings (SSSR count). The summed E-state index contributed by atoms with van der Waals surface area (Å²) in [6.45, 7) is 0.758. The van der Waals surface area contributed by atoms with Crippen LogP contribution in [0.2, 0.25) is 0 Å². The number of methoxy groups -OCH3 is 1. The predicted octanol–water partition coefficient (Wildman–Crippen LogP) is 3.71. The van der Waals surface area contributed by atoms with Crippen LogP contribution in [0.3, 0.4) is 0 Å². The lowest BCUT2D eigenvalue weighted by Crippen LogP contribution is -2.49. The molecule has 29 heavy (non-hydrogen) atoms. The Bertz CT molecular complexity index is 846. The van der Waals surface area contributed by atoms with Crippen LogP contribution in [0.15, 0.2) is 23.1 Å². The summed E-state index contributed by atoms with van der Waals surface area (Å²) in [5.74, 6) is 0.815. The van der Waals surface area contributed by atoms with Crippen LogP contribution in [0.1, 0.15) is 74.6 Å². The summed E-state index contributed by atoms with van der Waals surface area (Å²) in [4.78, 5) is 15.4. The molecule has 0 spiro atoms. The second kappa shape index (κ2) is 8.64. The fourth-order valence-electron chi connectivity index (χ4n) is 5.39. The van der Waals surface area contributed by atoms with Crippen molar-refractivity contribution < 1.29 is 17.9 Å². The van der Waals surface area contributed by atoms with Crippen LogP contribution in [0.5, 0.6) is 5.75 Å². The summed E-state index contributed by atoms with van der Waals surface area (Å²) in [6, 6.07) is 5.07. The van der Waals surface area contributed by atoms with Crippen molar-refractivity contribution in [1.29, 1.82) is 0 Å². The fraction of sp³-hybridized carbons (Fsp3) is 0.682. The molecule has 3 fully saturated rings. The normalized spacial score (nSPS) is 25.6. The van der Waals surface area contributed by atoms with E-state index in [1.165, 1.54) is 38.9 Å². The molecule has 1 aromatic carbocycles. The summed E-state index contributed by atoms with van der Waals surface area (Å²) in [5.41, 5.74) is 0.434. The van der Waals surface area contributed by atoms with Gasteiger partial charge in [-0.2, -0.15) is 0 Å². The minimum atomic E-state index is -3.74. The second-order valence-corrected chi connectivity index (χ2v) is 10.4. The lowest BCUT2D eigenvalue weighted by atomic mass is 9.78. The number of carbonyl (C=O) groups excluding carboxylic acids is 1. The number of likely N-dealkylation sites (tertiary alicyclic amines) is 1. The Hall–Kier alpha value is -1.60. The first-order chi connectivity index (χ1) is 14.0. The molecule has 160 valence electrons. The molecule has 1 amide bonds. The summed E-state index contributed by atoms with van der Waals surface area (Å²) in [5, 5.41) is 0. The molecule has 0 radical (unpaired) electrons. The van der Waals surface area contributed by atoms with Gasteiger partial charge in [-0.1, -0.05) is 25.7 Å². The van der Waals surface area contributed by atoms with Gasteiger partial charge in [0.05, 0.1) is 7.11 Å². The van der Waals surface area contributed by atoms with E-state index < -0.39 is 10.0 Å². The van der Waals surface area contributed by atoms with Crippen LogP contribution in [0, 0.1) is 5.92 Å². The number of sulfonamides is 1. The van der Waals surface area contributed by atoms with Gasteiger partial charge >= 0.3 is 0 Å². The first kappa shape index (κ1) is 20.7. The van der Waals surface area contributed by atoms with Gasteiger partial charge in [-0.3, -0.25) is 4.79 Å². The number of rotatable bonds is 5. The van der Waals surface area contributed by atoms with E-state index in [1.54, 1.807) is 12.1 Å². The van der Waals surface area contributed by atoms with Crippen molar-refractivity contribution in [3.05, 3.63) is 23.8 Å².